The Morgan fingerprint density at radius 1 is 0.226 bits per heavy atom. The van der Waals surface area contributed by atoms with Crippen molar-refractivity contribution in [2.24, 2.45) is 0 Å². The van der Waals surface area contributed by atoms with Crippen LogP contribution in [0, 0.1) is 0 Å². The van der Waals surface area contributed by atoms with Crippen molar-refractivity contribution in [3.63, 3.8) is 0 Å². The molecule has 0 radical (unpaired) electrons. The van der Waals surface area contributed by atoms with Gasteiger partial charge in [0.25, 0.3) is 0 Å². The van der Waals surface area contributed by atoms with Gasteiger partial charge in [-0.1, -0.05) is 152 Å². The first-order valence-corrected chi connectivity index (χ1v) is 21.3. The highest BCUT2D eigenvalue weighted by molar-refractivity contribution is 6.25. The van der Waals surface area contributed by atoms with Crippen LogP contribution in [0.3, 0.4) is 0 Å². The summed E-state index contributed by atoms with van der Waals surface area (Å²) in [5, 5.41) is 12.6. The zero-order valence-electron chi connectivity index (χ0n) is 33.7. The van der Waals surface area contributed by atoms with Crippen LogP contribution < -0.4 is 0 Å². The number of para-hydroxylation sites is 3. The lowest BCUT2D eigenvalue weighted by atomic mass is 9.93. The summed E-state index contributed by atoms with van der Waals surface area (Å²) in [5.41, 5.74) is 13.5. The van der Waals surface area contributed by atoms with Crippen molar-refractivity contribution in [2.45, 2.75) is 0 Å². The zero-order valence-corrected chi connectivity index (χ0v) is 33.7. The Kier molecular flexibility index (Phi) is 7.60. The van der Waals surface area contributed by atoms with E-state index in [0.29, 0.717) is 0 Å². The van der Waals surface area contributed by atoms with Gasteiger partial charge in [-0.15, -0.1) is 0 Å². The Bertz CT molecular complexity index is 3890. The quantitative estimate of drug-likeness (QED) is 0.159. The van der Waals surface area contributed by atoms with E-state index >= 15 is 0 Å². The van der Waals surface area contributed by atoms with Crippen LogP contribution in [0.15, 0.2) is 224 Å². The first kappa shape index (κ1) is 34.6. The Morgan fingerprint density at radius 3 is 1.37 bits per heavy atom. The predicted octanol–water partition coefficient (Wildman–Crippen LogP) is 15.7. The van der Waals surface area contributed by atoms with Crippen LogP contribution in [0.25, 0.3) is 121 Å². The summed E-state index contributed by atoms with van der Waals surface area (Å²) in [6.45, 7) is 0. The van der Waals surface area contributed by atoms with Crippen LogP contribution in [-0.2, 0) is 0 Å². The van der Waals surface area contributed by atoms with Crippen molar-refractivity contribution in [2.75, 3.05) is 0 Å². The van der Waals surface area contributed by atoms with Crippen LogP contribution in [0.2, 0.25) is 0 Å². The Morgan fingerprint density at radius 2 is 0.661 bits per heavy atom. The SMILES string of the molecule is c1ccc(-n2c3ccccc3c3ccc(-c4ccc5c(c4)c4ccccc4n5-c4cccc(-c5cccc(-c6ccc7c8ccccc8c8ccccc8c7c6)n5)c4)cc32)cc1. The van der Waals surface area contributed by atoms with Gasteiger partial charge in [0.1, 0.15) is 0 Å². The maximum Gasteiger partial charge on any atom is 0.0710 e. The summed E-state index contributed by atoms with van der Waals surface area (Å²) in [6.07, 6.45) is 0. The Hall–Kier alpha value is -8.27. The summed E-state index contributed by atoms with van der Waals surface area (Å²) >= 11 is 0. The molecule has 13 aromatic rings. The van der Waals surface area contributed by atoms with Gasteiger partial charge in [-0.2, -0.15) is 0 Å². The molecule has 0 atom stereocenters. The number of aromatic nitrogens is 3. The highest BCUT2D eigenvalue weighted by atomic mass is 15.0. The number of pyridine rings is 1. The molecule has 288 valence electrons. The van der Waals surface area contributed by atoms with E-state index in [0.717, 1.165) is 33.9 Å². The predicted molar refractivity (Wildman–Crippen MR) is 262 cm³/mol. The standard InChI is InChI=1S/C59H37N3/c1-2-15-42(16-3-1)61-56-26-10-8-22-49(56)51-32-28-39(37-59(51)61)38-30-33-58-53(35-38)50-23-9-11-27-57(50)62(58)43-17-12-14-40(34-43)54-24-13-25-55(60-54)41-29-31-48-46-20-5-4-18-44(46)45-19-6-7-21-47(45)52(48)36-41/h1-37H. The first-order valence-electron chi connectivity index (χ1n) is 21.3. The van der Waals surface area contributed by atoms with Crippen molar-refractivity contribution in [3.8, 4) is 45.0 Å². The fourth-order valence-electron chi connectivity index (χ4n) is 10.1. The van der Waals surface area contributed by atoms with E-state index in [4.69, 9.17) is 4.98 Å². The molecule has 0 saturated heterocycles. The van der Waals surface area contributed by atoms with Crippen molar-refractivity contribution in [3.05, 3.63) is 224 Å². The summed E-state index contributed by atoms with van der Waals surface area (Å²) in [5.74, 6) is 0. The second-order valence-corrected chi connectivity index (χ2v) is 16.3. The molecule has 0 unspecified atom stereocenters. The molecule has 3 heteroatoms. The van der Waals surface area contributed by atoms with E-state index in [2.05, 4.69) is 234 Å². The lowest BCUT2D eigenvalue weighted by Crippen LogP contribution is -1.95. The van der Waals surface area contributed by atoms with Gasteiger partial charge in [0.05, 0.1) is 33.5 Å². The van der Waals surface area contributed by atoms with E-state index in [9.17, 15) is 0 Å². The van der Waals surface area contributed by atoms with Gasteiger partial charge < -0.3 is 9.13 Å². The van der Waals surface area contributed by atoms with Crippen LogP contribution in [0.1, 0.15) is 0 Å². The highest BCUT2D eigenvalue weighted by Crippen LogP contribution is 2.40. The molecule has 3 heterocycles. The van der Waals surface area contributed by atoms with E-state index in [1.54, 1.807) is 0 Å². The average molecular weight is 788 g/mol. The number of fused-ring (bicyclic) bond motifs is 12. The minimum absolute atomic E-state index is 0.944. The molecule has 62 heavy (non-hydrogen) atoms. The van der Waals surface area contributed by atoms with Crippen LogP contribution >= 0.6 is 0 Å². The molecule has 3 nitrogen and oxygen atoms in total. The topological polar surface area (TPSA) is 22.8 Å². The minimum atomic E-state index is 0.944. The monoisotopic (exact) mass is 787 g/mol. The van der Waals surface area contributed by atoms with Gasteiger partial charge in [0.15, 0.2) is 0 Å². The molecule has 0 spiro atoms. The molecule has 0 aliphatic carbocycles. The van der Waals surface area contributed by atoms with E-state index < -0.39 is 0 Å². The third-order valence-corrected chi connectivity index (χ3v) is 12.9. The molecule has 3 aromatic heterocycles. The number of benzene rings is 10. The molecular formula is C59H37N3. The maximum atomic E-state index is 5.30. The second-order valence-electron chi connectivity index (χ2n) is 16.3. The molecule has 0 N–H and O–H groups in total. The number of hydrogen-bond acceptors (Lipinski definition) is 1. The lowest BCUT2D eigenvalue weighted by Gasteiger charge is -2.13. The normalized spacial score (nSPS) is 11.9. The van der Waals surface area contributed by atoms with E-state index in [-0.39, 0.29) is 0 Å². The highest BCUT2D eigenvalue weighted by Gasteiger charge is 2.17. The molecule has 10 aromatic carbocycles. The third-order valence-electron chi connectivity index (χ3n) is 12.9. The van der Waals surface area contributed by atoms with Crippen LogP contribution in [0.4, 0.5) is 0 Å². The first-order chi connectivity index (χ1) is 30.7. The van der Waals surface area contributed by atoms with Gasteiger partial charge in [-0.25, -0.2) is 4.98 Å². The molecule has 0 aliphatic heterocycles. The molecule has 0 fully saturated rings. The van der Waals surface area contributed by atoms with Crippen LogP contribution in [0.5, 0.6) is 0 Å². The summed E-state index contributed by atoms with van der Waals surface area (Å²) in [7, 11) is 0. The average Bonchev–Trinajstić information content (AvgIpc) is 3.86. The number of nitrogens with zero attached hydrogens (tertiary/aromatic N) is 3. The second kappa shape index (κ2) is 13.6. The maximum absolute atomic E-state index is 5.30. The smallest absolute Gasteiger partial charge is 0.0710 e. The Balaban J connectivity index is 0.910. The van der Waals surface area contributed by atoms with Gasteiger partial charge in [-0.05, 0) is 116 Å². The van der Waals surface area contributed by atoms with Gasteiger partial charge in [-0.3, -0.25) is 0 Å². The van der Waals surface area contributed by atoms with Crippen molar-refractivity contribution < 1.29 is 0 Å². The molecule has 0 bridgehead atoms. The fraction of sp³-hybridized carbons (Fsp3) is 0. The van der Waals surface area contributed by atoms with Gasteiger partial charge >= 0.3 is 0 Å². The summed E-state index contributed by atoms with van der Waals surface area (Å²) in [6, 6.07) is 81.5. The largest absolute Gasteiger partial charge is 0.309 e. The van der Waals surface area contributed by atoms with Crippen molar-refractivity contribution in [1.82, 2.24) is 14.1 Å². The molecular weight excluding hydrogens is 751 g/mol. The lowest BCUT2D eigenvalue weighted by molar-refractivity contribution is 1.18. The number of rotatable bonds is 5. The van der Waals surface area contributed by atoms with Crippen LogP contribution in [-0.4, -0.2) is 14.1 Å². The van der Waals surface area contributed by atoms with Crippen molar-refractivity contribution in [1.29, 1.82) is 0 Å². The third kappa shape index (κ3) is 5.28. The van der Waals surface area contributed by atoms with E-state index in [1.165, 1.54) is 87.1 Å². The summed E-state index contributed by atoms with van der Waals surface area (Å²) in [4.78, 5) is 5.30. The minimum Gasteiger partial charge on any atom is -0.309 e. The van der Waals surface area contributed by atoms with E-state index in [1.807, 2.05) is 0 Å². The molecule has 0 aliphatic rings. The Labute approximate surface area is 358 Å². The zero-order chi connectivity index (χ0) is 40.7. The molecule has 0 saturated carbocycles. The van der Waals surface area contributed by atoms with Crippen molar-refractivity contribution >= 4 is 75.9 Å². The number of hydrogen-bond donors (Lipinski definition) is 0. The molecule has 0 amide bonds. The summed E-state index contributed by atoms with van der Waals surface area (Å²) < 4.78 is 4.79. The molecule has 13 rings (SSSR count). The van der Waals surface area contributed by atoms with Gasteiger partial charge in [0, 0.05) is 44.0 Å². The van der Waals surface area contributed by atoms with Gasteiger partial charge in [0.2, 0.25) is 0 Å². The fourth-order valence-corrected chi connectivity index (χ4v) is 10.1.